The molecule has 1 N–H and O–H groups in total. The number of ether oxygens (including phenoxy) is 2. The van der Waals surface area contributed by atoms with Crippen molar-refractivity contribution in [2.45, 2.75) is 13.3 Å². The van der Waals surface area contributed by atoms with Gasteiger partial charge in [-0.1, -0.05) is 11.2 Å². The summed E-state index contributed by atoms with van der Waals surface area (Å²) < 4.78 is 22.7. The molecule has 2 aromatic heterocycles. The second kappa shape index (κ2) is 8.22. The summed E-state index contributed by atoms with van der Waals surface area (Å²) >= 11 is -0.750. The molecule has 1 aromatic carbocycles. The summed E-state index contributed by atoms with van der Waals surface area (Å²) in [5.41, 5.74) is 2.60. The quantitative estimate of drug-likeness (QED) is 0.493. The average molecular weight is 359 g/mol. The molecular formula is C18H21N3O3S. The first kappa shape index (κ1) is 17.6. The molecule has 0 saturated heterocycles. The first-order valence-corrected chi connectivity index (χ1v) is 9.66. The third kappa shape index (κ3) is 4.24. The van der Waals surface area contributed by atoms with Crippen LogP contribution < -0.4 is 9.47 Å². The van der Waals surface area contributed by atoms with Gasteiger partial charge in [0.25, 0.3) is 0 Å². The Morgan fingerprint density at radius 1 is 1.28 bits per heavy atom. The number of fused-ring (bicyclic) bond motifs is 1. The Morgan fingerprint density at radius 2 is 2.16 bits per heavy atom. The van der Waals surface area contributed by atoms with Crippen LogP contribution in [0.1, 0.15) is 13.3 Å². The molecule has 0 amide bonds. The monoisotopic (exact) mass is 359 g/mol. The molecule has 7 heteroatoms. The molecule has 0 bridgehead atoms. The standard InChI is InChI=1S/C18H21N3O3S/c1-3-25(22)10-4-9-24-13-5-6-14(17(11-13)23-2)18-20-15-7-8-19-12-16(15)21-18/h5-8,11-12H,3-4,9-10H2,1-2H3,(H,20,21). The molecule has 3 aromatic rings. The third-order valence-corrected chi connectivity index (χ3v) is 5.21. The number of aromatic amines is 1. The Balaban J connectivity index is 1.73. The van der Waals surface area contributed by atoms with Crippen molar-refractivity contribution in [1.29, 1.82) is 0 Å². The summed E-state index contributed by atoms with van der Waals surface area (Å²) in [5.74, 6) is 3.49. The lowest BCUT2D eigenvalue weighted by atomic mass is 10.2. The Morgan fingerprint density at radius 3 is 2.92 bits per heavy atom. The van der Waals surface area contributed by atoms with Crippen LogP contribution in [0.2, 0.25) is 0 Å². The molecule has 0 saturated carbocycles. The predicted octanol–water partition coefficient (Wildman–Crippen LogP) is 3.17. The van der Waals surface area contributed by atoms with Crippen LogP contribution in [0.4, 0.5) is 0 Å². The maximum Gasteiger partial charge on any atom is 0.142 e. The summed E-state index contributed by atoms with van der Waals surface area (Å²) in [5, 5.41) is 0. The summed E-state index contributed by atoms with van der Waals surface area (Å²) in [7, 11) is 1.62. The van der Waals surface area contributed by atoms with E-state index in [0.29, 0.717) is 23.9 Å². The Kier molecular flexibility index (Phi) is 5.78. The summed E-state index contributed by atoms with van der Waals surface area (Å²) in [4.78, 5) is 11.9. The lowest BCUT2D eigenvalue weighted by molar-refractivity contribution is 0.315. The zero-order valence-corrected chi connectivity index (χ0v) is 15.1. The van der Waals surface area contributed by atoms with Crippen molar-refractivity contribution in [3.8, 4) is 22.9 Å². The van der Waals surface area contributed by atoms with Gasteiger partial charge < -0.3 is 19.0 Å². The number of hydrogen-bond donors (Lipinski definition) is 1. The Hall–Kier alpha value is -2.25. The number of benzene rings is 1. The highest BCUT2D eigenvalue weighted by Crippen LogP contribution is 2.32. The van der Waals surface area contributed by atoms with Gasteiger partial charge in [-0.05, 0) is 25.1 Å². The molecule has 25 heavy (non-hydrogen) atoms. The van der Waals surface area contributed by atoms with E-state index in [9.17, 15) is 4.55 Å². The van der Waals surface area contributed by atoms with Gasteiger partial charge in [0.2, 0.25) is 0 Å². The summed E-state index contributed by atoms with van der Waals surface area (Å²) in [6.45, 7) is 2.46. The molecule has 0 fully saturated rings. The third-order valence-electron chi connectivity index (χ3n) is 3.82. The molecule has 1 unspecified atom stereocenters. The molecule has 132 valence electrons. The highest BCUT2D eigenvalue weighted by Gasteiger charge is 2.12. The number of imidazole rings is 1. The highest BCUT2D eigenvalue weighted by molar-refractivity contribution is 7.91. The average Bonchev–Trinajstić information content (AvgIpc) is 3.08. The molecule has 6 nitrogen and oxygen atoms in total. The predicted molar refractivity (Wildman–Crippen MR) is 99.5 cm³/mol. The first-order chi connectivity index (χ1) is 12.2. The number of nitrogens with zero attached hydrogens (tertiary/aromatic N) is 2. The Labute approximate surface area is 149 Å². The van der Waals surface area contributed by atoms with Crippen LogP contribution in [0, 0.1) is 0 Å². The maximum absolute atomic E-state index is 11.4. The van der Waals surface area contributed by atoms with Gasteiger partial charge in [-0.2, -0.15) is 0 Å². The molecule has 0 radical (unpaired) electrons. The second-order valence-electron chi connectivity index (χ2n) is 5.47. The topological polar surface area (TPSA) is 83.1 Å². The zero-order valence-electron chi connectivity index (χ0n) is 14.3. The van der Waals surface area contributed by atoms with Crippen molar-refractivity contribution >= 4 is 22.2 Å². The fourth-order valence-electron chi connectivity index (χ4n) is 2.50. The number of pyridine rings is 1. The number of aromatic nitrogens is 3. The molecule has 0 aliphatic heterocycles. The van der Waals surface area contributed by atoms with Crippen LogP contribution in [0.3, 0.4) is 0 Å². The van der Waals surface area contributed by atoms with Gasteiger partial charge in [0.1, 0.15) is 34.3 Å². The maximum atomic E-state index is 11.4. The normalized spacial score (nSPS) is 12.3. The van der Waals surface area contributed by atoms with Gasteiger partial charge in [-0.3, -0.25) is 4.98 Å². The smallest absolute Gasteiger partial charge is 0.142 e. The fraction of sp³-hybridized carbons (Fsp3) is 0.333. The lowest BCUT2D eigenvalue weighted by Gasteiger charge is -2.11. The van der Waals surface area contributed by atoms with E-state index in [1.54, 1.807) is 19.5 Å². The van der Waals surface area contributed by atoms with Crippen molar-refractivity contribution in [3.05, 3.63) is 36.7 Å². The fourth-order valence-corrected chi connectivity index (χ4v) is 3.22. The largest absolute Gasteiger partial charge is 0.616 e. The van der Waals surface area contributed by atoms with E-state index in [1.165, 1.54) is 0 Å². The van der Waals surface area contributed by atoms with E-state index in [1.807, 2.05) is 31.2 Å². The minimum Gasteiger partial charge on any atom is -0.616 e. The van der Waals surface area contributed by atoms with Crippen molar-refractivity contribution in [2.24, 2.45) is 0 Å². The number of rotatable bonds is 8. The van der Waals surface area contributed by atoms with E-state index in [4.69, 9.17) is 9.47 Å². The van der Waals surface area contributed by atoms with Gasteiger partial charge in [0.15, 0.2) is 0 Å². The summed E-state index contributed by atoms with van der Waals surface area (Å²) in [6, 6.07) is 7.54. The molecular weight excluding hydrogens is 338 g/mol. The van der Waals surface area contributed by atoms with Crippen LogP contribution >= 0.6 is 0 Å². The van der Waals surface area contributed by atoms with E-state index < -0.39 is 11.2 Å². The van der Waals surface area contributed by atoms with Crippen molar-refractivity contribution in [1.82, 2.24) is 15.0 Å². The SMILES string of the molecule is CC[S+]([O-])CCCOc1ccc(-c2nc3cnccc3[nH]2)c(OC)c1. The van der Waals surface area contributed by atoms with Crippen molar-refractivity contribution in [3.63, 3.8) is 0 Å². The molecule has 0 aliphatic carbocycles. The highest BCUT2D eigenvalue weighted by atomic mass is 32.2. The van der Waals surface area contributed by atoms with Gasteiger partial charge >= 0.3 is 0 Å². The number of hydrogen-bond acceptors (Lipinski definition) is 5. The second-order valence-corrected chi connectivity index (χ2v) is 7.34. The minimum absolute atomic E-state index is 0.532. The van der Waals surface area contributed by atoms with E-state index in [0.717, 1.165) is 34.6 Å². The molecule has 1 atom stereocenters. The first-order valence-electron chi connectivity index (χ1n) is 8.17. The van der Waals surface area contributed by atoms with Gasteiger partial charge in [0.05, 0.1) is 31.0 Å². The van der Waals surface area contributed by atoms with E-state index in [2.05, 4.69) is 15.0 Å². The van der Waals surface area contributed by atoms with E-state index in [-0.39, 0.29) is 0 Å². The van der Waals surface area contributed by atoms with Gasteiger partial charge in [0, 0.05) is 18.7 Å². The van der Waals surface area contributed by atoms with E-state index >= 15 is 0 Å². The van der Waals surface area contributed by atoms with Gasteiger partial charge in [-0.15, -0.1) is 0 Å². The van der Waals surface area contributed by atoms with Crippen LogP contribution in [-0.4, -0.2) is 44.7 Å². The van der Waals surface area contributed by atoms with Gasteiger partial charge in [-0.25, -0.2) is 4.98 Å². The van der Waals surface area contributed by atoms with Crippen LogP contribution in [0.15, 0.2) is 36.7 Å². The molecule has 0 spiro atoms. The molecule has 0 aliphatic rings. The number of H-pyrrole nitrogens is 1. The number of methoxy groups -OCH3 is 1. The molecule has 3 rings (SSSR count). The lowest BCUT2D eigenvalue weighted by Crippen LogP contribution is -2.11. The van der Waals surface area contributed by atoms with Crippen LogP contribution in [0.25, 0.3) is 22.4 Å². The minimum atomic E-state index is -0.750. The Bertz CT molecular complexity index is 804. The molecule has 2 heterocycles. The van der Waals surface area contributed by atoms with Crippen molar-refractivity contribution in [2.75, 3.05) is 25.2 Å². The van der Waals surface area contributed by atoms with Crippen LogP contribution in [-0.2, 0) is 11.2 Å². The zero-order chi connectivity index (χ0) is 17.6. The summed E-state index contributed by atoms with van der Waals surface area (Å²) in [6.07, 6.45) is 4.21. The van der Waals surface area contributed by atoms with Crippen LogP contribution in [0.5, 0.6) is 11.5 Å². The van der Waals surface area contributed by atoms with Crippen molar-refractivity contribution < 1.29 is 14.0 Å². The number of nitrogens with one attached hydrogen (secondary N) is 1.